The molecule has 0 heterocycles. The number of hydrogen-bond donors (Lipinski definition) is 2. The number of rotatable bonds is 8. The largest absolute Gasteiger partial charge is 0.507 e. The summed E-state index contributed by atoms with van der Waals surface area (Å²) in [5.74, 6) is 0.353. The number of likely N-dealkylation sites (N-methyl/N-ethyl adjacent to an activating group) is 1. The van der Waals surface area contributed by atoms with Crippen LogP contribution in [0.25, 0.3) is 0 Å². The van der Waals surface area contributed by atoms with Crippen molar-refractivity contribution in [3.8, 4) is 5.75 Å². The molecule has 0 saturated carbocycles. The monoisotopic (exact) mass is 556 g/mol. The molecule has 0 radical (unpaired) electrons. The number of nitrogens with one attached hydrogen (secondary N) is 1. The molecule has 0 fully saturated rings. The minimum atomic E-state index is -0.775. The highest BCUT2D eigenvalue weighted by atomic mass is 16.3. The third-order valence-electron chi connectivity index (χ3n) is 7.68. The van der Waals surface area contributed by atoms with E-state index in [2.05, 4.69) is 60.7 Å². The van der Waals surface area contributed by atoms with Gasteiger partial charge in [-0.15, -0.1) is 0 Å². The van der Waals surface area contributed by atoms with Crippen LogP contribution >= 0.6 is 0 Å². The van der Waals surface area contributed by atoms with Crippen LogP contribution in [0.15, 0.2) is 60.7 Å². The molecule has 1 unspecified atom stereocenters. The molecule has 3 aromatic rings. The van der Waals surface area contributed by atoms with E-state index in [-0.39, 0.29) is 29.1 Å². The zero-order chi connectivity index (χ0) is 30.7. The maximum Gasteiger partial charge on any atom is 0.251 e. The van der Waals surface area contributed by atoms with Crippen molar-refractivity contribution in [1.82, 2.24) is 4.90 Å². The molecule has 3 rings (SSSR count). The molecule has 5 nitrogen and oxygen atoms in total. The summed E-state index contributed by atoms with van der Waals surface area (Å²) in [7, 11) is 1.70. The Labute approximate surface area is 247 Å². The van der Waals surface area contributed by atoms with Gasteiger partial charge in [0.2, 0.25) is 5.91 Å². The zero-order valence-electron chi connectivity index (χ0n) is 26.6. The average molecular weight is 557 g/mol. The van der Waals surface area contributed by atoms with Gasteiger partial charge >= 0.3 is 0 Å². The van der Waals surface area contributed by atoms with Crippen molar-refractivity contribution in [3.05, 3.63) is 94.0 Å². The first kappa shape index (κ1) is 31.9. The lowest BCUT2D eigenvalue weighted by Gasteiger charge is -2.29. The zero-order valence-corrected chi connectivity index (χ0v) is 26.6. The number of carbonyl (C=O) groups excluding carboxylic acids is 2. The van der Waals surface area contributed by atoms with Crippen molar-refractivity contribution in [2.75, 3.05) is 12.4 Å². The van der Waals surface area contributed by atoms with Crippen LogP contribution in [0.2, 0.25) is 0 Å². The van der Waals surface area contributed by atoms with Gasteiger partial charge in [-0.2, -0.15) is 0 Å². The van der Waals surface area contributed by atoms with Gasteiger partial charge in [0.1, 0.15) is 11.8 Å². The van der Waals surface area contributed by atoms with E-state index in [1.54, 1.807) is 11.9 Å². The van der Waals surface area contributed by atoms with Crippen LogP contribution in [0.3, 0.4) is 0 Å². The number of carbonyl (C=O) groups is 2. The number of benzene rings is 3. The van der Waals surface area contributed by atoms with E-state index in [4.69, 9.17) is 0 Å². The second-order valence-corrected chi connectivity index (χ2v) is 13.6. The standard InChI is InChI=1S/C36H48N2O3/c1-23(2)26-16-18-28(19-17-26)37-34(41)32(27-14-11-24(3)12-15-27)38(10)31(39)20-13-25-21-29(35(4,5)6)33(40)30(22-25)36(7,8)9/h11-12,14-19,21-23,32,40H,13,20H2,1-10H3,(H,37,41). The van der Waals surface area contributed by atoms with Gasteiger partial charge in [-0.05, 0) is 70.0 Å². The van der Waals surface area contributed by atoms with Crippen molar-refractivity contribution in [2.45, 2.75) is 97.9 Å². The maximum atomic E-state index is 13.7. The molecule has 0 saturated heterocycles. The first-order chi connectivity index (χ1) is 19.0. The molecule has 220 valence electrons. The van der Waals surface area contributed by atoms with Crippen LogP contribution in [0.4, 0.5) is 5.69 Å². The lowest BCUT2D eigenvalue weighted by atomic mass is 9.78. The first-order valence-corrected chi connectivity index (χ1v) is 14.6. The third-order valence-corrected chi connectivity index (χ3v) is 7.68. The van der Waals surface area contributed by atoms with Gasteiger partial charge in [0.25, 0.3) is 5.91 Å². The normalized spacial score (nSPS) is 12.8. The topological polar surface area (TPSA) is 69.6 Å². The summed E-state index contributed by atoms with van der Waals surface area (Å²) in [6.45, 7) is 18.8. The number of phenols is 1. The summed E-state index contributed by atoms with van der Waals surface area (Å²) in [5, 5.41) is 14.1. The van der Waals surface area contributed by atoms with Crippen LogP contribution < -0.4 is 5.32 Å². The van der Waals surface area contributed by atoms with E-state index in [9.17, 15) is 14.7 Å². The van der Waals surface area contributed by atoms with Crippen LogP contribution in [0.5, 0.6) is 5.75 Å². The number of amides is 2. The lowest BCUT2D eigenvalue weighted by molar-refractivity contribution is -0.137. The number of phenolic OH excluding ortho intramolecular Hbond substituents is 1. The van der Waals surface area contributed by atoms with Crippen molar-refractivity contribution < 1.29 is 14.7 Å². The fourth-order valence-corrected chi connectivity index (χ4v) is 5.02. The maximum absolute atomic E-state index is 13.7. The Morgan fingerprint density at radius 3 is 1.78 bits per heavy atom. The summed E-state index contributed by atoms with van der Waals surface area (Å²) in [5.41, 5.74) is 6.00. The van der Waals surface area contributed by atoms with E-state index < -0.39 is 6.04 Å². The Bertz CT molecular complexity index is 1320. The number of aromatic hydroxyl groups is 1. The Balaban J connectivity index is 1.87. The predicted molar refractivity (Wildman–Crippen MR) is 170 cm³/mol. The summed E-state index contributed by atoms with van der Waals surface area (Å²) in [6, 6.07) is 18.9. The van der Waals surface area contributed by atoms with Crippen molar-refractivity contribution in [2.24, 2.45) is 0 Å². The molecule has 41 heavy (non-hydrogen) atoms. The second-order valence-electron chi connectivity index (χ2n) is 13.6. The van der Waals surface area contributed by atoms with Crippen LogP contribution in [-0.2, 0) is 26.8 Å². The number of nitrogens with zero attached hydrogens (tertiary/aromatic N) is 1. The Morgan fingerprint density at radius 1 is 0.829 bits per heavy atom. The summed E-state index contributed by atoms with van der Waals surface area (Å²) in [6.07, 6.45) is 0.752. The highest BCUT2D eigenvalue weighted by Gasteiger charge is 2.30. The minimum absolute atomic E-state index is 0.122. The van der Waals surface area contributed by atoms with E-state index in [0.29, 0.717) is 23.8 Å². The lowest BCUT2D eigenvalue weighted by Crippen LogP contribution is -2.38. The number of anilines is 1. The van der Waals surface area contributed by atoms with Gasteiger partial charge in [-0.25, -0.2) is 0 Å². The van der Waals surface area contributed by atoms with Gasteiger partial charge in [-0.1, -0.05) is 109 Å². The van der Waals surface area contributed by atoms with Crippen molar-refractivity contribution >= 4 is 17.5 Å². The molecule has 0 aliphatic rings. The fourth-order valence-electron chi connectivity index (χ4n) is 5.02. The Hall–Kier alpha value is -3.60. The van der Waals surface area contributed by atoms with E-state index >= 15 is 0 Å². The average Bonchev–Trinajstić information content (AvgIpc) is 2.88. The molecule has 5 heteroatoms. The molecule has 2 amide bonds. The summed E-state index contributed by atoms with van der Waals surface area (Å²) in [4.78, 5) is 28.8. The molecule has 0 aromatic heterocycles. The quantitative estimate of drug-likeness (QED) is 0.294. The molecule has 3 aromatic carbocycles. The van der Waals surface area contributed by atoms with Gasteiger partial charge in [0.15, 0.2) is 0 Å². The predicted octanol–water partition coefficient (Wildman–Crippen LogP) is 8.19. The molecule has 1 atom stereocenters. The van der Waals surface area contributed by atoms with E-state index in [1.807, 2.05) is 67.6 Å². The van der Waals surface area contributed by atoms with Crippen LogP contribution in [0, 0.1) is 6.92 Å². The minimum Gasteiger partial charge on any atom is -0.507 e. The molecular formula is C36H48N2O3. The van der Waals surface area contributed by atoms with Crippen molar-refractivity contribution in [1.29, 1.82) is 0 Å². The molecule has 2 N–H and O–H groups in total. The highest BCUT2D eigenvalue weighted by Crippen LogP contribution is 2.40. The van der Waals surface area contributed by atoms with Gasteiger partial charge in [0.05, 0.1) is 0 Å². The first-order valence-electron chi connectivity index (χ1n) is 14.6. The Kier molecular flexibility index (Phi) is 9.73. The fraction of sp³-hybridized carbons (Fsp3) is 0.444. The van der Waals surface area contributed by atoms with Gasteiger partial charge < -0.3 is 15.3 Å². The van der Waals surface area contributed by atoms with Gasteiger partial charge in [0, 0.05) is 19.2 Å². The molecule has 0 spiro atoms. The number of hydrogen-bond acceptors (Lipinski definition) is 3. The van der Waals surface area contributed by atoms with Crippen molar-refractivity contribution in [3.63, 3.8) is 0 Å². The van der Waals surface area contributed by atoms with Crippen LogP contribution in [0.1, 0.15) is 107 Å². The molecular weight excluding hydrogens is 508 g/mol. The van der Waals surface area contributed by atoms with E-state index in [1.165, 1.54) is 5.56 Å². The molecule has 0 aliphatic carbocycles. The second kappa shape index (κ2) is 12.5. The Morgan fingerprint density at radius 2 is 1.32 bits per heavy atom. The van der Waals surface area contributed by atoms with Crippen LogP contribution in [-0.4, -0.2) is 28.9 Å². The smallest absolute Gasteiger partial charge is 0.251 e. The molecule has 0 bridgehead atoms. The highest BCUT2D eigenvalue weighted by molar-refractivity contribution is 5.97. The van der Waals surface area contributed by atoms with E-state index in [0.717, 1.165) is 27.8 Å². The summed E-state index contributed by atoms with van der Waals surface area (Å²) >= 11 is 0. The summed E-state index contributed by atoms with van der Waals surface area (Å²) < 4.78 is 0. The number of aryl methyl sites for hydroxylation is 2. The third kappa shape index (κ3) is 8.00. The van der Waals surface area contributed by atoms with Gasteiger partial charge in [-0.3, -0.25) is 9.59 Å². The molecule has 0 aliphatic heterocycles. The SMILES string of the molecule is Cc1ccc(C(C(=O)Nc2ccc(C(C)C)cc2)N(C)C(=O)CCc2cc(C(C)(C)C)c(O)c(C(C)(C)C)c2)cc1.